The third-order valence-electron chi connectivity index (χ3n) is 2.25. The summed E-state index contributed by atoms with van der Waals surface area (Å²) in [5.74, 6) is 0.828. The molecule has 1 aromatic carbocycles. The van der Waals surface area contributed by atoms with Crippen molar-refractivity contribution < 1.29 is 22.6 Å². The zero-order valence-electron chi connectivity index (χ0n) is 9.54. The van der Waals surface area contributed by atoms with Gasteiger partial charge < -0.3 is 15.2 Å². The van der Waals surface area contributed by atoms with E-state index in [-0.39, 0.29) is 0 Å². The Bertz CT molecular complexity index is 357. The van der Waals surface area contributed by atoms with Gasteiger partial charge in [-0.25, -0.2) is 0 Å². The fourth-order valence-electron chi connectivity index (χ4n) is 1.41. The summed E-state index contributed by atoms with van der Waals surface area (Å²) in [4.78, 5) is 0. The number of rotatable bonds is 4. The van der Waals surface area contributed by atoms with Gasteiger partial charge in [0.1, 0.15) is 11.5 Å². The van der Waals surface area contributed by atoms with E-state index >= 15 is 0 Å². The van der Waals surface area contributed by atoms with Crippen molar-refractivity contribution in [1.29, 1.82) is 0 Å². The molecule has 6 heteroatoms. The third kappa shape index (κ3) is 4.14. The standard InChI is InChI=1S/C11H14F3NO2/c1-16-8-3-7(4-9(5-8)17-2)10(15)6-11(12,13)14/h3-5,10H,6,15H2,1-2H3/t10-/m1/s1. The van der Waals surface area contributed by atoms with Crippen LogP contribution in [0.15, 0.2) is 18.2 Å². The largest absolute Gasteiger partial charge is 0.497 e. The molecular formula is C11H14F3NO2. The monoisotopic (exact) mass is 249 g/mol. The molecule has 0 saturated carbocycles. The van der Waals surface area contributed by atoms with Gasteiger partial charge in [0.15, 0.2) is 0 Å². The Labute approximate surface area is 97.3 Å². The molecule has 17 heavy (non-hydrogen) atoms. The summed E-state index contributed by atoms with van der Waals surface area (Å²) in [7, 11) is 2.85. The molecule has 0 fully saturated rings. The highest BCUT2D eigenvalue weighted by Crippen LogP contribution is 2.31. The number of ether oxygens (including phenoxy) is 2. The quantitative estimate of drug-likeness (QED) is 0.892. The van der Waals surface area contributed by atoms with Crippen molar-refractivity contribution in [1.82, 2.24) is 0 Å². The molecule has 0 aliphatic heterocycles. The van der Waals surface area contributed by atoms with Crippen LogP contribution in [0.25, 0.3) is 0 Å². The first-order chi connectivity index (χ1) is 7.85. The van der Waals surface area contributed by atoms with Crippen LogP contribution in [0.2, 0.25) is 0 Å². The molecule has 0 saturated heterocycles. The van der Waals surface area contributed by atoms with Crippen molar-refractivity contribution in [2.75, 3.05) is 14.2 Å². The molecule has 0 bridgehead atoms. The minimum atomic E-state index is -4.30. The highest BCUT2D eigenvalue weighted by Gasteiger charge is 2.31. The Kier molecular flexibility index (Phi) is 4.22. The minimum Gasteiger partial charge on any atom is -0.497 e. The van der Waals surface area contributed by atoms with Crippen LogP contribution in [0.3, 0.4) is 0 Å². The van der Waals surface area contributed by atoms with Crippen molar-refractivity contribution in [3.63, 3.8) is 0 Å². The van der Waals surface area contributed by atoms with Crippen molar-refractivity contribution >= 4 is 0 Å². The average molecular weight is 249 g/mol. The Hall–Kier alpha value is -1.43. The second-order valence-electron chi connectivity index (χ2n) is 3.57. The van der Waals surface area contributed by atoms with Gasteiger partial charge in [0.2, 0.25) is 0 Å². The molecule has 0 amide bonds. The van der Waals surface area contributed by atoms with E-state index in [4.69, 9.17) is 15.2 Å². The zero-order valence-corrected chi connectivity index (χ0v) is 9.54. The lowest BCUT2D eigenvalue weighted by molar-refractivity contribution is -0.138. The van der Waals surface area contributed by atoms with Gasteiger partial charge in [-0.1, -0.05) is 0 Å². The highest BCUT2D eigenvalue weighted by molar-refractivity contribution is 5.39. The number of benzene rings is 1. The smallest absolute Gasteiger partial charge is 0.390 e. The summed E-state index contributed by atoms with van der Waals surface area (Å²) in [6.45, 7) is 0. The molecule has 2 N–H and O–H groups in total. The van der Waals surface area contributed by atoms with E-state index in [1.54, 1.807) is 6.07 Å². The first kappa shape index (κ1) is 13.6. The maximum atomic E-state index is 12.2. The zero-order chi connectivity index (χ0) is 13.1. The second-order valence-corrected chi connectivity index (χ2v) is 3.57. The van der Waals surface area contributed by atoms with Crippen LogP contribution >= 0.6 is 0 Å². The predicted octanol–water partition coefficient (Wildman–Crippen LogP) is 2.66. The Balaban J connectivity index is 2.96. The van der Waals surface area contributed by atoms with Crippen LogP contribution in [-0.2, 0) is 0 Å². The van der Waals surface area contributed by atoms with E-state index in [0.29, 0.717) is 17.1 Å². The maximum absolute atomic E-state index is 12.2. The fraction of sp³-hybridized carbons (Fsp3) is 0.455. The summed E-state index contributed by atoms with van der Waals surface area (Å²) in [6, 6.07) is 3.39. The number of halogens is 3. The topological polar surface area (TPSA) is 44.5 Å². The molecule has 0 aliphatic carbocycles. The molecule has 1 atom stereocenters. The lowest BCUT2D eigenvalue weighted by Crippen LogP contribution is -2.20. The molecule has 0 aliphatic rings. The van der Waals surface area contributed by atoms with Crippen molar-refractivity contribution in [3.8, 4) is 11.5 Å². The second kappa shape index (κ2) is 5.27. The molecule has 0 spiro atoms. The Morgan fingerprint density at radius 1 is 1.12 bits per heavy atom. The highest BCUT2D eigenvalue weighted by atomic mass is 19.4. The molecule has 0 heterocycles. The van der Waals surface area contributed by atoms with Gasteiger partial charge in [0, 0.05) is 12.1 Å². The number of hydrogen-bond acceptors (Lipinski definition) is 3. The number of methoxy groups -OCH3 is 2. The first-order valence-electron chi connectivity index (χ1n) is 4.91. The summed E-state index contributed by atoms with van der Waals surface area (Å²) in [5.41, 5.74) is 5.83. The van der Waals surface area contributed by atoms with Gasteiger partial charge in [-0.2, -0.15) is 13.2 Å². The van der Waals surface area contributed by atoms with Gasteiger partial charge in [-0.05, 0) is 17.7 Å². The van der Waals surface area contributed by atoms with E-state index in [9.17, 15) is 13.2 Å². The van der Waals surface area contributed by atoms with E-state index < -0.39 is 18.6 Å². The summed E-state index contributed by atoms with van der Waals surface area (Å²) >= 11 is 0. The molecule has 96 valence electrons. The molecule has 0 radical (unpaired) electrons. The van der Waals surface area contributed by atoms with Gasteiger partial charge in [0.25, 0.3) is 0 Å². The molecule has 0 aromatic heterocycles. The average Bonchev–Trinajstić information content (AvgIpc) is 2.26. The lowest BCUT2D eigenvalue weighted by Gasteiger charge is -2.16. The van der Waals surface area contributed by atoms with Gasteiger partial charge in [-0.3, -0.25) is 0 Å². The Morgan fingerprint density at radius 3 is 1.94 bits per heavy atom. The normalized spacial score (nSPS) is 13.3. The van der Waals surface area contributed by atoms with Crippen LogP contribution in [0.5, 0.6) is 11.5 Å². The van der Waals surface area contributed by atoms with Crippen LogP contribution < -0.4 is 15.2 Å². The number of hydrogen-bond donors (Lipinski definition) is 1. The van der Waals surface area contributed by atoms with Gasteiger partial charge in [-0.15, -0.1) is 0 Å². The summed E-state index contributed by atoms with van der Waals surface area (Å²) in [6.07, 6.45) is -5.38. The van der Waals surface area contributed by atoms with E-state index in [0.717, 1.165) is 0 Å². The van der Waals surface area contributed by atoms with Crippen LogP contribution in [-0.4, -0.2) is 20.4 Å². The maximum Gasteiger partial charge on any atom is 0.390 e. The van der Waals surface area contributed by atoms with Crippen LogP contribution in [0.1, 0.15) is 18.0 Å². The molecule has 3 nitrogen and oxygen atoms in total. The summed E-state index contributed by atoms with van der Waals surface area (Å²) < 4.78 is 46.6. The summed E-state index contributed by atoms with van der Waals surface area (Å²) in [5, 5.41) is 0. The molecule has 1 aromatic rings. The van der Waals surface area contributed by atoms with E-state index in [1.165, 1.54) is 26.4 Å². The lowest BCUT2D eigenvalue weighted by atomic mass is 10.0. The Morgan fingerprint density at radius 2 is 1.59 bits per heavy atom. The molecule has 1 rings (SSSR count). The predicted molar refractivity (Wildman–Crippen MR) is 57.1 cm³/mol. The number of alkyl halides is 3. The fourth-order valence-corrected chi connectivity index (χ4v) is 1.41. The molecular weight excluding hydrogens is 235 g/mol. The third-order valence-corrected chi connectivity index (χ3v) is 2.25. The molecule has 0 unspecified atom stereocenters. The van der Waals surface area contributed by atoms with Crippen LogP contribution in [0, 0.1) is 0 Å². The first-order valence-corrected chi connectivity index (χ1v) is 4.91. The van der Waals surface area contributed by atoms with Gasteiger partial charge >= 0.3 is 6.18 Å². The van der Waals surface area contributed by atoms with Crippen molar-refractivity contribution in [3.05, 3.63) is 23.8 Å². The minimum absolute atomic E-state index is 0.332. The van der Waals surface area contributed by atoms with Crippen molar-refractivity contribution in [2.45, 2.75) is 18.6 Å². The van der Waals surface area contributed by atoms with E-state index in [2.05, 4.69) is 0 Å². The van der Waals surface area contributed by atoms with Crippen molar-refractivity contribution in [2.24, 2.45) is 5.73 Å². The van der Waals surface area contributed by atoms with Crippen LogP contribution in [0.4, 0.5) is 13.2 Å². The van der Waals surface area contributed by atoms with Gasteiger partial charge in [0.05, 0.1) is 20.6 Å². The SMILES string of the molecule is COc1cc(OC)cc([C@H](N)CC(F)(F)F)c1. The van der Waals surface area contributed by atoms with E-state index in [1.807, 2.05) is 0 Å². The number of nitrogens with two attached hydrogens (primary N) is 1.